The van der Waals surface area contributed by atoms with Gasteiger partial charge in [0.2, 0.25) is 0 Å². The molecule has 0 unspecified atom stereocenters. The van der Waals surface area contributed by atoms with Crippen LogP contribution in [-0.4, -0.2) is 29.7 Å². The van der Waals surface area contributed by atoms with Crippen LogP contribution < -0.4 is 10.5 Å². The number of hydrogen-bond acceptors (Lipinski definition) is 6. The van der Waals surface area contributed by atoms with Crippen molar-refractivity contribution in [3.8, 4) is 0 Å². The van der Waals surface area contributed by atoms with Crippen molar-refractivity contribution in [1.29, 1.82) is 0 Å². The molecule has 0 amide bonds. The van der Waals surface area contributed by atoms with Crippen molar-refractivity contribution in [2.75, 3.05) is 11.3 Å². The summed E-state index contributed by atoms with van der Waals surface area (Å²) >= 11 is 1.30. The number of nitrogens with one attached hydrogen (secondary N) is 1. The molecule has 2 aromatic rings. The highest BCUT2D eigenvalue weighted by Gasteiger charge is 2.25. The number of aromatic nitrogens is 3. The van der Waals surface area contributed by atoms with E-state index in [0.29, 0.717) is 29.6 Å². The Balaban J connectivity index is 2.33. The molecule has 0 saturated heterocycles. The normalized spacial score (nSPS) is 11.8. The van der Waals surface area contributed by atoms with Crippen LogP contribution in [0.25, 0.3) is 0 Å². The Hall–Kier alpha value is -1.45. The Bertz CT molecular complexity index is 733. The number of nitrogens with zero attached hydrogens (tertiary/aromatic N) is 3. The Labute approximate surface area is 128 Å². The van der Waals surface area contributed by atoms with Gasteiger partial charge in [-0.25, -0.2) is 13.4 Å². The maximum absolute atomic E-state index is 12.5. The average molecular weight is 329 g/mol. The lowest BCUT2D eigenvalue weighted by atomic mass is 10.4. The second-order valence-corrected chi connectivity index (χ2v) is 7.60. The zero-order valence-corrected chi connectivity index (χ0v) is 13.9. The summed E-state index contributed by atoms with van der Waals surface area (Å²) in [7, 11) is -3.68. The second kappa shape index (κ2) is 6.12. The number of sulfonamides is 1. The summed E-state index contributed by atoms with van der Waals surface area (Å²) in [4.78, 5) is 5.19. The van der Waals surface area contributed by atoms with Gasteiger partial charge < -0.3 is 5.73 Å². The maximum atomic E-state index is 12.5. The Morgan fingerprint density at radius 3 is 2.67 bits per heavy atom. The quantitative estimate of drug-likeness (QED) is 0.834. The van der Waals surface area contributed by atoms with E-state index in [4.69, 9.17) is 5.73 Å². The van der Waals surface area contributed by atoms with Crippen molar-refractivity contribution in [3.05, 3.63) is 22.5 Å². The molecule has 9 heteroatoms. The van der Waals surface area contributed by atoms with Crippen molar-refractivity contribution in [1.82, 2.24) is 14.8 Å². The summed E-state index contributed by atoms with van der Waals surface area (Å²) in [6.07, 6.45) is 2.38. The molecule has 0 aliphatic carbocycles. The summed E-state index contributed by atoms with van der Waals surface area (Å²) in [5.74, 6) is 0. The summed E-state index contributed by atoms with van der Waals surface area (Å²) in [5.41, 5.74) is 6.57. The smallest absolute Gasteiger partial charge is 0.267 e. The van der Waals surface area contributed by atoms with Crippen molar-refractivity contribution in [2.24, 2.45) is 5.73 Å². The van der Waals surface area contributed by atoms with Gasteiger partial charge in [-0.1, -0.05) is 0 Å². The average Bonchev–Trinajstić information content (AvgIpc) is 2.90. The highest BCUT2D eigenvalue weighted by atomic mass is 32.2. The van der Waals surface area contributed by atoms with E-state index in [-0.39, 0.29) is 4.90 Å². The fourth-order valence-electron chi connectivity index (χ4n) is 2.10. The predicted octanol–water partition coefficient (Wildman–Crippen LogP) is 1.41. The summed E-state index contributed by atoms with van der Waals surface area (Å²) in [6, 6.07) is 0. The van der Waals surface area contributed by atoms with Crippen LogP contribution in [0.15, 0.2) is 11.1 Å². The van der Waals surface area contributed by atoms with E-state index in [9.17, 15) is 8.42 Å². The topological polar surface area (TPSA) is 103 Å². The Morgan fingerprint density at radius 1 is 1.38 bits per heavy atom. The van der Waals surface area contributed by atoms with Gasteiger partial charge in [-0.05, 0) is 33.7 Å². The fourth-order valence-corrected chi connectivity index (χ4v) is 4.42. The highest BCUT2D eigenvalue weighted by molar-refractivity contribution is 7.93. The molecule has 7 nitrogen and oxygen atoms in total. The molecule has 0 radical (unpaired) electrons. The van der Waals surface area contributed by atoms with Gasteiger partial charge in [-0.15, -0.1) is 11.3 Å². The second-order valence-electron chi connectivity index (χ2n) is 4.75. The molecule has 116 valence electrons. The first-order valence-corrected chi connectivity index (χ1v) is 8.84. The van der Waals surface area contributed by atoms with Crippen LogP contribution in [0.5, 0.6) is 0 Å². The molecule has 21 heavy (non-hydrogen) atoms. The van der Waals surface area contributed by atoms with Crippen LogP contribution in [-0.2, 0) is 16.6 Å². The van der Waals surface area contributed by atoms with Gasteiger partial charge in [0.05, 0.1) is 11.4 Å². The molecule has 0 spiro atoms. The SMILES string of the molecule is Cc1cnc(NS(=O)(=O)c2c(C)nn(CCCN)c2C)s1. The van der Waals surface area contributed by atoms with Gasteiger partial charge in [0.25, 0.3) is 10.0 Å². The number of nitrogens with two attached hydrogens (primary N) is 1. The van der Waals surface area contributed by atoms with Crippen molar-refractivity contribution >= 4 is 26.5 Å². The van der Waals surface area contributed by atoms with Gasteiger partial charge >= 0.3 is 0 Å². The molecule has 0 aromatic carbocycles. The van der Waals surface area contributed by atoms with E-state index in [1.54, 1.807) is 24.7 Å². The number of thiazole rings is 1. The highest BCUT2D eigenvalue weighted by Crippen LogP contribution is 2.25. The number of anilines is 1. The lowest BCUT2D eigenvalue weighted by molar-refractivity contribution is 0.565. The molecule has 0 saturated carbocycles. The molecule has 2 rings (SSSR count). The van der Waals surface area contributed by atoms with E-state index in [1.165, 1.54) is 11.3 Å². The monoisotopic (exact) mass is 329 g/mol. The van der Waals surface area contributed by atoms with Gasteiger partial charge in [0.1, 0.15) is 4.90 Å². The predicted molar refractivity (Wildman–Crippen MR) is 83.0 cm³/mol. The zero-order valence-electron chi connectivity index (χ0n) is 12.3. The van der Waals surface area contributed by atoms with Crippen molar-refractivity contribution in [3.63, 3.8) is 0 Å². The lowest BCUT2D eigenvalue weighted by Crippen LogP contribution is -2.15. The third-order valence-corrected chi connectivity index (χ3v) is 5.55. The minimum atomic E-state index is -3.68. The fraction of sp³-hybridized carbons (Fsp3) is 0.500. The van der Waals surface area contributed by atoms with Crippen LogP contribution in [0, 0.1) is 20.8 Å². The molecular formula is C12H19N5O2S2. The first-order valence-electron chi connectivity index (χ1n) is 6.54. The summed E-state index contributed by atoms with van der Waals surface area (Å²) in [5, 5.41) is 4.65. The maximum Gasteiger partial charge on any atom is 0.267 e. The first-order chi connectivity index (χ1) is 9.85. The third kappa shape index (κ3) is 3.42. The molecule has 0 fully saturated rings. The van der Waals surface area contributed by atoms with Crippen LogP contribution in [0.4, 0.5) is 5.13 Å². The van der Waals surface area contributed by atoms with Crippen LogP contribution in [0.1, 0.15) is 22.7 Å². The molecule has 2 heterocycles. The lowest BCUT2D eigenvalue weighted by Gasteiger charge is -2.06. The van der Waals surface area contributed by atoms with Crippen LogP contribution in [0.2, 0.25) is 0 Å². The minimum Gasteiger partial charge on any atom is -0.330 e. The van der Waals surface area contributed by atoms with Gasteiger partial charge in [-0.3, -0.25) is 9.40 Å². The zero-order chi connectivity index (χ0) is 15.6. The molecule has 2 aromatic heterocycles. The van der Waals surface area contributed by atoms with Crippen LogP contribution >= 0.6 is 11.3 Å². The van der Waals surface area contributed by atoms with E-state index in [0.717, 1.165) is 11.3 Å². The van der Waals surface area contributed by atoms with E-state index >= 15 is 0 Å². The van der Waals surface area contributed by atoms with Gasteiger partial charge in [0, 0.05) is 17.6 Å². The molecule has 0 aliphatic heterocycles. The molecular weight excluding hydrogens is 310 g/mol. The molecule has 0 bridgehead atoms. The number of rotatable bonds is 6. The van der Waals surface area contributed by atoms with Crippen molar-refractivity contribution < 1.29 is 8.42 Å². The Morgan fingerprint density at radius 2 is 2.10 bits per heavy atom. The van der Waals surface area contributed by atoms with Gasteiger partial charge in [-0.2, -0.15) is 5.10 Å². The van der Waals surface area contributed by atoms with E-state index < -0.39 is 10.0 Å². The standard InChI is InChI=1S/C12H19N5O2S2/c1-8-7-14-12(20-8)16-21(18,19)11-9(2)15-17(10(11)3)6-4-5-13/h7H,4-6,13H2,1-3H3,(H,14,16). The van der Waals surface area contributed by atoms with Crippen LogP contribution in [0.3, 0.4) is 0 Å². The largest absolute Gasteiger partial charge is 0.330 e. The third-order valence-electron chi connectivity index (χ3n) is 3.00. The first kappa shape index (κ1) is 15.9. The van der Waals surface area contributed by atoms with Crippen molar-refractivity contribution in [2.45, 2.75) is 38.6 Å². The number of hydrogen-bond donors (Lipinski definition) is 2. The van der Waals surface area contributed by atoms with E-state index in [2.05, 4.69) is 14.8 Å². The summed E-state index contributed by atoms with van der Waals surface area (Å²) < 4.78 is 29.2. The molecule has 3 N–H and O–H groups in total. The Kier molecular flexibility index (Phi) is 4.64. The summed E-state index contributed by atoms with van der Waals surface area (Å²) in [6.45, 7) is 6.45. The van der Waals surface area contributed by atoms with Gasteiger partial charge in [0.15, 0.2) is 5.13 Å². The molecule has 0 atom stereocenters. The molecule has 0 aliphatic rings. The minimum absolute atomic E-state index is 0.215. The van der Waals surface area contributed by atoms with E-state index in [1.807, 2.05) is 6.92 Å². The number of aryl methyl sites for hydroxylation is 3.